The fourth-order valence-electron chi connectivity index (χ4n) is 1.39. The predicted octanol–water partition coefficient (Wildman–Crippen LogP) is 1.70. The first-order chi connectivity index (χ1) is 8.06. The van der Waals surface area contributed by atoms with Gasteiger partial charge in [0.2, 0.25) is 5.78 Å². The number of aryl methyl sites for hydroxylation is 2. The number of allylic oxidation sites excluding steroid dienone is 1. The van der Waals surface area contributed by atoms with Gasteiger partial charge in [-0.25, -0.2) is 0 Å². The van der Waals surface area contributed by atoms with Gasteiger partial charge in [-0.15, -0.1) is 0 Å². The second-order valence-electron chi connectivity index (χ2n) is 3.61. The van der Waals surface area contributed by atoms with Crippen LogP contribution < -0.4 is 0 Å². The second-order valence-corrected chi connectivity index (χ2v) is 4.02. The van der Waals surface area contributed by atoms with Crippen molar-refractivity contribution in [2.45, 2.75) is 0 Å². The Morgan fingerprint density at radius 3 is 2.65 bits per heavy atom. The van der Waals surface area contributed by atoms with Crippen molar-refractivity contribution in [2.24, 2.45) is 14.1 Å². The highest BCUT2D eigenvalue weighted by Gasteiger charge is 2.11. The molecule has 0 amide bonds. The van der Waals surface area contributed by atoms with E-state index >= 15 is 0 Å². The van der Waals surface area contributed by atoms with E-state index in [1.54, 1.807) is 30.2 Å². The van der Waals surface area contributed by atoms with E-state index < -0.39 is 0 Å². The largest absolute Gasteiger partial charge is 0.287 e. The molecule has 0 aliphatic heterocycles. The minimum absolute atomic E-state index is 0.235. The number of carbonyl (C=O) groups excluding carboxylic acids is 1. The first kappa shape index (κ1) is 11.6. The van der Waals surface area contributed by atoms with E-state index in [1.165, 1.54) is 10.8 Å². The molecule has 0 bridgehead atoms. The van der Waals surface area contributed by atoms with E-state index in [4.69, 9.17) is 11.6 Å². The zero-order valence-electron chi connectivity index (χ0n) is 9.46. The molecule has 17 heavy (non-hydrogen) atoms. The predicted molar refractivity (Wildman–Crippen MR) is 64.8 cm³/mol. The van der Waals surface area contributed by atoms with Gasteiger partial charge in [0.15, 0.2) is 5.69 Å². The van der Waals surface area contributed by atoms with Gasteiger partial charge >= 0.3 is 0 Å². The molecule has 2 heterocycles. The molecule has 0 saturated carbocycles. The molecule has 0 unspecified atom stereocenters. The Balaban J connectivity index is 2.17. The van der Waals surface area contributed by atoms with Gasteiger partial charge < -0.3 is 0 Å². The van der Waals surface area contributed by atoms with Gasteiger partial charge in [-0.3, -0.25) is 14.2 Å². The lowest BCUT2D eigenvalue weighted by atomic mass is 10.2. The molecular formula is C11H11ClN4O. The fourth-order valence-corrected chi connectivity index (χ4v) is 1.66. The van der Waals surface area contributed by atoms with Crippen molar-refractivity contribution in [1.29, 1.82) is 0 Å². The summed E-state index contributed by atoms with van der Waals surface area (Å²) >= 11 is 5.87. The highest BCUT2D eigenvalue weighted by molar-refractivity contribution is 6.34. The normalized spacial score (nSPS) is 11.2. The monoisotopic (exact) mass is 250 g/mol. The Kier molecular flexibility index (Phi) is 3.10. The van der Waals surface area contributed by atoms with Crippen LogP contribution in [0.5, 0.6) is 0 Å². The molecule has 88 valence electrons. The topological polar surface area (TPSA) is 52.7 Å². The number of ketones is 1. The quantitative estimate of drug-likeness (QED) is 0.616. The molecule has 2 rings (SSSR count). The van der Waals surface area contributed by atoms with Crippen LogP contribution in [-0.4, -0.2) is 25.3 Å². The Morgan fingerprint density at radius 2 is 2.12 bits per heavy atom. The lowest BCUT2D eigenvalue weighted by Crippen LogP contribution is -1.98. The average Bonchev–Trinajstić information content (AvgIpc) is 2.81. The van der Waals surface area contributed by atoms with E-state index in [1.807, 2.05) is 13.1 Å². The summed E-state index contributed by atoms with van der Waals surface area (Å²) < 4.78 is 3.17. The van der Waals surface area contributed by atoms with Gasteiger partial charge in [0.25, 0.3) is 0 Å². The van der Waals surface area contributed by atoms with Gasteiger partial charge in [0.05, 0.1) is 10.7 Å². The zero-order valence-corrected chi connectivity index (χ0v) is 10.2. The van der Waals surface area contributed by atoms with Crippen molar-refractivity contribution >= 4 is 23.5 Å². The molecule has 2 aromatic rings. The van der Waals surface area contributed by atoms with Crippen molar-refractivity contribution in [3.63, 3.8) is 0 Å². The maximum Gasteiger partial charge on any atom is 0.207 e. The second kappa shape index (κ2) is 4.55. The van der Waals surface area contributed by atoms with Crippen LogP contribution in [0.15, 0.2) is 24.5 Å². The lowest BCUT2D eigenvalue weighted by molar-refractivity contribution is 0.104. The van der Waals surface area contributed by atoms with Crippen LogP contribution >= 0.6 is 11.6 Å². The standard InChI is InChI=1S/C11H11ClN4O/c1-15-6-5-8(13-15)3-4-10(17)11-9(12)7-16(2)14-11/h3-7H,1-2H3/b4-3+. The maximum atomic E-state index is 11.8. The molecule has 0 atom stereocenters. The molecular weight excluding hydrogens is 240 g/mol. The Morgan fingerprint density at radius 1 is 1.35 bits per heavy atom. The number of hydrogen-bond donors (Lipinski definition) is 0. The number of aromatic nitrogens is 4. The highest BCUT2D eigenvalue weighted by atomic mass is 35.5. The van der Waals surface area contributed by atoms with Crippen LogP contribution in [0, 0.1) is 0 Å². The zero-order chi connectivity index (χ0) is 12.4. The molecule has 0 fully saturated rings. The van der Waals surface area contributed by atoms with Crippen molar-refractivity contribution in [1.82, 2.24) is 19.6 Å². The molecule has 0 radical (unpaired) electrons. The van der Waals surface area contributed by atoms with Gasteiger partial charge in [-0.05, 0) is 18.2 Å². The number of carbonyl (C=O) groups is 1. The van der Waals surface area contributed by atoms with Crippen molar-refractivity contribution in [3.8, 4) is 0 Å². The molecule has 5 nitrogen and oxygen atoms in total. The molecule has 6 heteroatoms. The molecule has 0 aliphatic rings. The summed E-state index contributed by atoms with van der Waals surface area (Å²) in [6.45, 7) is 0. The minimum Gasteiger partial charge on any atom is -0.287 e. The number of rotatable bonds is 3. The molecule has 0 aromatic carbocycles. The van der Waals surface area contributed by atoms with Crippen molar-refractivity contribution < 1.29 is 4.79 Å². The minimum atomic E-state index is -0.235. The molecule has 0 N–H and O–H groups in total. The SMILES string of the molecule is Cn1ccc(/C=C/C(=O)c2nn(C)cc2Cl)n1. The Bertz CT molecular complexity index is 582. The van der Waals surface area contributed by atoms with Crippen LogP contribution in [0.4, 0.5) is 0 Å². The van der Waals surface area contributed by atoms with E-state index in [9.17, 15) is 4.79 Å². The van der Waals surface area contributed by atoms with E-state index in [-0.39, 0.29) is 11.5 Å². The summed E-state index contributed by atoms with van der Waals surface area (Å²) in [5.41, 5.74) is 0.967. The van der Waals surface area contributed by atoms with E-state index in [0.717, 1.165) is 0 Å². The third-order valence-corrected chi connectivity index (χ3v) is 2.43. The number of hydrogen-bond acceptors (Lipinski definition) is 3. The molecule has 0 spiro atoms. The summed E-state index contributed by atoms with van der Waals surface area (Å²) in [5.74, 6) is -0.235. The smallest absolute Gasteiger partial charge is 0.207 e. The van der Waals surface area contributed by atoms with Gasteiger partial charge in [-0.2, -0.15) is 10.2 Å². The summed E-state index contributed by atoms with van der Waals surface area (Å²) in [5, 5.41) is 8.46. The molecule has 0 aliphatic carbocycles. The Labute approximate surface area is 103 Å². The molecule has 2 aromatic heterocycles. The van der Waals surface area contributed by atoms with Crippen LogP contribution in [0.1, 0.15) is 16.2 Å². The summed E-state index contributed by atoms with van der Waals surface area (Å²) in [7, 11) is 3.53. The third kappa shape index (κ3) is 2.62. The van der Waals surface area contributed by atoms with Gasteiger partial charge in [0, 0.05) is 26.5 Å². The maximum absolute atomic E-state index is 11.8. The summed E-state index contributed by atoms with van der Waals surface area (Å²) in [6.07, 6.45) is 6.44. The van der Waals surface area contributed by atoms with Crippen LogP contribution in [-0.2, 0) is 14.1 Å². The van der Waals surface area contributed by atoms with Gasteiger partial charge in [0.1, 0.15) is 0 Å². The van der Waals surface area contributed by atoms with Crippen LogP contribution in [0.25, 0.3) is 6.08 Å². The van der Waals surface area contributed by atoms with E-state index in [2.05, 4.69) is 10.2 Å². The highest BCUT2D eigenvalue weighted by Crippen LogP contribution is 2.14. The lowest BCUT2D eigenvalue weighted by Gasteiger charge is -1.89. The van der Waals surface area contributed by atoms with Crippen LogP contribution in [0.3, 0.4) is 0 Å². The third-order valence-electron chi connectivity index (χ3n) is 2.16. The van der Waals surface area contributed by atoms with Crippen molar-refractivity contribution in [2.75, 3.05) is 0 Å². The number of nitrogens with zero attached hydrogens (tertiary/aromatic N) is 4. The molecule has 0 saturated heterocycles. The summed E-state index contributed by atoms with van der Waals surface area (Å²) in [4.78, 5) is 11.8. The first-order valence-electron chi connectivity index (χ1n) is 4.97. The Hall–Kier alpha value is -1.88. The fraction of sp³-hybridized carbons (Fsp3) is 0.182. The first-order valence-corrected chi connectivity index (χ1v) is 5.35. The van der Waals surface area contributed by atoms with Crippen molar-refractivity contribution in [3.05, 3.63) is 40.9 Å². The van der Waals surface area contributed by atoms with Crippen LogP contribution in [0.2, 0.25) is 5.02 Å². The summed E-state index contributed by atoms with van der Waals surface area (Å²) in [6, 6.07) is 1.81. The van der Waals surface area contributed by atoms with E-state index in [0.29, 0.717) is 10.7 Å². The van der Waals surface area contributed by atoms with Gasteiger partial charge in [-0.1, -0.05) is 11.6 Å². The number of halogens is 1. The average molecular weight is 251 g/mol.